The van der Waals surface area contributed by atoms with Gasteiger partial charge in [-0.15, -0.1) is 0 Å². The highest BCUT2D eigenvalue weighted by Gasteiger charge is 2.28. The molecule has 7 nitrogen and oxygen atoms in total. The largest absolute Gasteiger partial charge is 0.496 e. The number of nitrogens with one attached hydrogen (secondary N) is 2. The zero-order valence-corrected chi connectivity index (χ0v) is 16.6. The van der Waals surface area contributed by atoms with Gasteiger partial charge in [-0.25, -0.2) is 0 Å². The third kappa shape index (κ3) is 3.40. The van der Waals surface area contributed by atoms with Crippen molar-refractivity contribution in [1.29, 1.82) is 0 Å². The Morgan fingerprint density at radius 1 is 1.07 bits per heavy atom. The zero-order chi connectivity index (χ0) is 20.4. The third-order valence-electron chi connectivity index (χ3n) is 5.29. The normalized spacial score (nSPS) is 14.9. The molecule has 0 aliphatic heterocycles. The molecule has 1 aliphatic rings. The predicted octanol–water partition coefficient (Wildman–Crippen LogP) is 3.52. The molecule has 0 saturated carbocycles. The SMILES string of the molecule is COc1cc2c(cc1OC)C(NC(=O)c1cn[nH]c1-c1ccccc1OC)CC2. The van der Waals surface area contributed by atoms with Gasteiger partial charge in [0.2, 0.25) is 0 Å². The molecule has 1 aromatic heterocycles. The van der Waals surface area contributed by atoms with Crippen molar-refractivity contribution in [1.82, 2.24) is 15.5 Å². The number of para-hydroxylation sites is 1. The predicted molar refractivity (Wildman–Crippen MR) is 109 cm³/mol. The highest BCUT2D eigenvalue weighted by Crippen LogP contribution is 2.39. The standard InChI is InChI=1S/C22H23N3O4/c1-27-18-7-5-4-6-14(18)21-16(12-23-25-21)22(26)24-17-9-8-13-10-19(28-2)20(29-3)11-15(13)17/h4-7,10-12,17H,8-9H2,1-3H3,(H,23,25)(H,24,26). The van der Waals surface area contributed by atoms with Gasteiger partial charge in [0.15, 0.2) is 11.5 Å². The summed E-state index contributed by atoms with van der Waals surface area (Å²) in [6.45, 7) is 0. The second-order valence-electron chi connectivity index (χ2n) is 6.83. The fourth-order valence-corrected chi connectivity index (χ4v) is 3.83. The lowest BCUT2D eigenvalue weighted by Gasteiger charge is -2.16. The number of fused-ring (bicyclic) bond motifs is 1. The van der Waals surface area contributed by atoms with Gasteiger partial charge in [0.1, 0.15) is 5.75 Å². The van der Waals surface area contributed by atoms with E-state index in [1.54, 1.807) is 27.5 Å². The summed E-state index contributed by atoms with van der Waals surface area (Å²) in [4.78, 5) is 13.1. The molecule has 2 aromatic carbocycles. The van der Waals surface area contributed by atoms with Gasteiger partial charge in [0.05, 0.1) is 44.8 Å². The molecular formula is C22H23N3O4. The van der Waals surface area contributed by atoms with Crippen LogP contribution in [0, 0.1) is 0 Å². The first kappa shape index (κ1) is 18.9. The lowest BCUT2D eigenvalue weighted by Crippen LogP contribution is -2.27. The number of H-pyrrole nitrogens is 1. The molecule has 0 saturated heterocycles. The summed E-state index contributed by atoms with van der Waals surface area (Å²) < 4.78 is 16.2. The van der Waals surface area contributed by atoms with Crippen LogP contribution in [-0.4, -0.2) is 37.4 Å². The van der Waals surface area contributed by atoms with Crippen LogP contribution >= 0.6 is 0 Å². The molecule has 1 aliphatic carbocycles. The lowest BCUT2D eigenvalue weighted by atomic mass is 10.0. The molecule has 2 N–H and O–H groups in total. The molecule has 4 rings (SSSR count). The van der Waals surface area contributed by atoms with Crippen LogP contribution in [0.4, 0.5) is 0 Å². The van der Waals surface area contributed by atoms with Crippen molar-refractivity contribution in [2.24, 2.45) is 0 Å². The molecule has 29 heavy (non-hydrogen) atoms. The van der Waals surface area contributed by atoms with E-state index in [1.165, 1.54) is 0 Å². The van der Waals surface area contributed by atoms with Crippen molar-refractivity contribution >= 4 is 5.91 Å². The monoisotopic (exact) mass is 393 g/mol. The van der Waals surface area contributed by atoms with E-state index in [4.69, 9.17) is 14.2 Å². The molecule has 0 fully saturated rings. The van der Waals surface area contributed by atoms with Crippen LogP contribution in [0.1, 0.15) is 33.9 Å². The van der Waals surface area contributed by atoms with Crippen molar-refractivity contribution < 1.29 is 19.0 Å². The third-order valence-corrected chi connectivity index (χ3v) is 5.29. The average molecular weight is 393 g/mol. The number of aryl methyl sites for hydroxylation is 1. The van der Waals surface area contributed by atoms with Crippen molar-refractivity contribution in [2.45, 2.75) is 18.9 Å². The van der Waals surface area contributed by atoms with Gasteiger partial charge < -0.3 is 19.5 Å². The Hall–Kier alpha value is -3.48. The fraction of sp³-hybridized carbons (Fsp3) is 0.273. The van der Waals surface area contributed by atoms with Crippen LogP contribution in [0.25, 0.3) is 11.3 Å². The zero-order valence-electron chi connectivity index (χ0n) is 16.6. The molecule has 3 aromatic rings. The maximum Gasteiger partial charge on any atom is 0.255 e. The van der Waals surface area contributed by atoms with E-state index < -0.39 is 0 Å². The summed E-state index contributed by atoms with van der Waals surface area (Å²) in [7, 11) is 4.83. The van der Waals surface area contributed by atoms with E-state index in [2.05, 4.69) is 15.5 Å². The highest BCUT2D eigenvalue weighted by atomic mass is 16.5. The molecule has 0 radical (unpaired) electrons. The first-order valence-electron chi connectivity index (χ1n) is 9.38. The van der Waals surface area contributed by atoms with E-state index in [0.29, 0.717) is 28.5 Å². The minimum absolute atomic E-state index is 0.0993. The summed E-state index contributed by atoms with van der Waals surface area (Å²) in [5, 5.41) is 10.2. The number of aromatic amines is 1. The van der Waals surface area contributed by atoms with Gasteiger partial charge in [-0.1, -0.05) is 12.1 Å². The topological polar surface area (TPSA) is 85.5 Å². The Kier molecular flexibility index (Phi) is 5.12. The number of carbonyl (C=O) groups excluding carboxylic acids is 1. The van der Waals surface area contributed by atoms with Gasteiger partial charge in [0, 0.05) is 5.56 Å². The van der Waals surface area contributed by atoms with Gasteiger partial charge >= 0.3 is 0 Å². The van der Waals surface area contributed by atoms with Crippen molar-refractivity contribution in [2.75, 3.05) is 21.3 Å². The van der Waals surface area contributed by atoms with E-state index >= 15 is 0 Å². The minimum atomic E-state index is -0.188. The Balaban J connectivity index is 1.61. The number of hydrogen-bond donors (Lipinski definition) is 2. The Bertz CT molecular complexity index is 1040. The van der Waals surface area contributed by atoms with Gasteiger partial charge in [0.25, 0.3) is 5.91 Å². The van der Waals surface area contributed by atoms with Crippen molar-refractivity contribution in [3.8, 4) is 28.5 Å². The quantitative estimate of drug-likeness (QED) is 0.669. The number of ether oxygens (including phenoxy) is 3. The molecule has 1 amide bonds. The summed E-state index contributed by atoms with van der Waals surface area (Å²) >= 11 is 0. The number of amides is 1. The van der Waals surface area contributed by atoms with Crippen molar-refractivity contribution in [3.63, 3.8) is 0 Å². The molecule has 1 heterocycles. The molecule has 150 valence electrons. The fourth-order valence-electron chi connectivity index (χ4n) is 3.83. The Morgan fingerprint density at radius 3 is 2.55 bits per heavy atom. The molecule has 0 spiro atoms. The van der Waals surface area contributed by atoms with E-state index in [0.717, 1.165) is 29.5 Å². The lowest BCUT2D eigenvalue weighted by molar-refractivity contribution is 0.0937. The maximum atomic E-state index is 13.1. The summed E-state index contributed by atoms with van der Waals surface area (Å²) in [5.41, 5.74) is 4.10. The summed E-state index contributed by atoms with van der Waals surface area (Å²) in [5.74, 6) is 1.85. The van der Waals surface area contributed by atoms with Crippen LogP contribution in [0.15, 0.2) is 42.6 Å². The number of hydrogen-bond acceptors (Lipinski definition) is 5. The van der Waals surface area contributed by atoms with Gasteiger partial charge in [-0.3, -0.25) is 9.89 Å². The van der Waals surface area contributed by atoms with Crippen LogP contribution in [0.2, 0.25) is 0 Å². The van der Waals surface area contributed by atoms with Gasteiger partial charge in [-0.05, 0) is 48.2 Å². The van der Waals surface area contributed by atoms with E-state index in [-0.39, 0.29) is 11.9 Å². The summed E-state index contributed by atoms with van der Waals surface area (Å²) in [6, 6.07) is 11.4. The molecule has 1 atom stereocenters. The van der Waals surface area contributed by atoms with Crippen LogP contribution in [-0.2, 0) is 6.42 Å². The molecule has 0 bridgehead atoms. The maximum absolute atomic E-state index is 13.1. The Morgan fingerprint density at radius 2 is 1.79 bits per heavy atom. The number of aromatic nitrogens is 2. The number of carbonyl (C=O) groups is 1. The van der Waals surface area contributed by atoms with Gasteiger partial charge in [-0.2, -0.15) is 5.10 Å². The first-order chi connectivity index (χ1) is 14.2. The number of methoxy groups -OCH3 is 3. The highest BCUT2D eigenvalue weighted by molar-refractivity contribution is 6.00. The van der Waals surface area contributed by atoms with Crippen LogP contribution in [0.3, 0.4) is 0 Å². The molecule has 7 heteroatoms. The second kappa shape index (κ2) is 7.87. The second-order valence-corrected chi connectivity index (χ2v) is 6.83. The smallest absolute Gasteiger partial charge is 0.255 e. The first-order valence-corrected chi connectivity index (χ1v) is 9.38. The van der Waals surface area contributed by atoms with Crippen molar-refractivity contribution in [3.05, 3.63) is 59.3 Å². The number of rotatable bonds is 6. The minimum Gasteiger partial charge on any atom is -0.496 e. The summed E-state index contributed by atoms with van der Waals surface area (Å²) in [6.07, 6.45) is 3.23. The average Bonchev–Trinajstić information content (AvgIpc) is 3.39. The molecule has 1 unspecified atom stereocenters. The van der Waals surface area contributed by atoms with E-state index in [1.807, 2.05) is 36.4 Å². The van der Waals surface area contributed by atoms with E-state index in [9.17, 15) is 4.79 Å². The number of nitrogens with zero attached hydrogens (tertiary/aromatic N) is 1. The van der Waals surface area contributed by atoms with Crippen LogP contribution < -0.4 is 19.5 Å². The van der Waals surface area contributed by atoms with Crippen LogP contribution in [0.5, 0.6) is 17.2 Å². The molecular weight excluding hydrogens is 370 g/mol. The number of benzene rings is 2. The Labute approximate surface area is 169 Å².